The van der Waals surface area contributed by atoms with Crippen LogP contribution in [0.3, 0.4) is 0 Å². The monoisotopic (exact) mass is 362 g/mol. The van der Waals surface area contributed by atoms with Gasteiger partial charge in [0, 0.05) is 29.4 Å². The van der Waals surface area contributed by atoms with E-state index < -0.39 is 10.8 Å². The van der Waals surface area contributed by atoms with Crippen molar-refractivity contribution in [2.75, 3.05) is 7.11 Å². The summed E-state index contributed by atoms with van der Waals surface area (Å²) in [4.78, 5) is 20.6. The average Bonchev–Trinajstić information content (AvgIpc) is 2.77. The molecule has 0 radical (unpaired) electrons. The molecule has 0 spiro atoms. The number of carbonyl (C=O) groups excluding carboxylic acids is 1. The van der Waals surface area contributed by atoms with Gasteiger partial charge in [0.25, 0.3) is 0 Å². The molecule has 1 aromatic rings. The van der Waals surface area contributed by atoms with Gasteiger partial charge in [-0.3, -0.25) is 19.0 Å². The number of nitrogens with zero attached hydrogens (tertiary/aromatic N) is 2. The predicted octanol–water partition coefficient (Wildman–Crippen LogP) is 3.13. The zero-order valence-corrected chi connectivity index (χ0v) is 14.5. The second-order valence-corrected chi connectivity index (χ2v) is 7.23. The van der Waals surface area contributed by atoms with Crippen LogP contribution in [0.5, 0.6) is 0 Å². The largest absolute Gasteiger partial charge is 0.469 e. The first-order chi connectivity index (χ1) is 11.6. The van der Waals surface area contributed by atoms with E-state index in [4.69, 9.17) is 11.6 Å². The Labute approximate surface area is 147 Å². The molecule has 0 bridgehead atoms. The second-order valence-electron chi connectivity index (χ2n) is 5.22. The number of hydrogen-bond acceptors (Lipinski definition) is 5. The van der Waals surface area contributed by atoms with E-state index in [1.165, 1.54) is 7.11 Å². The number of hydrogen-bond donors (Lipinski definition) is 0. The van der Waals surface area contributed by atoms with Crippen LogP contribution in [0.1, 0.15) is 18.4 Å². The van der Waals surface area contributed by atoms with Crippen molar-refractivity contribution in [3.8, 4) is 0 Å². The van der Waals surface area contributed by atoms with Gasteiger partial charge in [-0.2, -0.15) is 0 Å². The van der Waals surface area contributed by atoms with Crippen molar-refractivity contribution in [1.82, 2.24) is 0 Å². The molecule has 0 aliphatic carbocycles. The molecule has 2 aliphatic heterocycles. The zero-order chi connectivity index (χ0) is 17.1. The van der Waals surface area contributed by atoms with Crippen LogP contribution in [0.15, 0.2) is 50.9 Å². The van der Waals surface area contributed by atoms with E-state index in [1.54, 1.807) is 18.5 Å². The SMILES string of the molecule is COC(=O)CCC1C=C2N=CC=NC(c3ccccc3Cl)=C2S1=O. The van der Waals surface area contributed by atoms with Crippen molar-refractivity contribution in [2.24, 2.45) is 9.98 Å². The molecule has 0 N–H and O–H groups in total. The van der Waals surface area contributed by atoms with Crippen molar-refractivity contribution in [3.63, 3.8) is 0 Å². The molecule has 0 fully saturated rings. The Morgan fingerprint density at radius 3 is 2.79 bits per heavy atom. The van der Waals surface area contributed by atoms with Crippen LogP contribution in [-0.2, 0) is 20.3 Å². The van der Waals surface area contributed by atoms with Crippen LogP contribution >= 0.6 is 11.6 Å². The van der Waals surface area contributed by atoms with Gasteiger partial charge in [-0.15, -0.1) is 0 Å². The van der Waals surface area contributed by atoms with E-state index in [2.05, 4.69) is 14.7 Å². The van der Waals surface area contributed by atoms with Crippen molar-refractivity contribution in [2.45, 2.75) is 18.1 Å². The molecule has 0 saturated carbocycles. The lowest BCUT2D eigenvalue weighted by molar-refractivity contribution is -0.140. The van der Waals surface area contributed by atoms with E-state index in [9.17, 15) is 9.00 Å². The number of methoxy groups -OCH3 is 1. The lowest BCUT2D eigenvalue weighted by Gasteiger charge is -2.10. The number of esters is 1. The molecule has 0 amide bonds. The summed E-state index contributed by atoms with van der Waals surface area (Å²) in [7, 11) is -0.0117. The van der Waals surface area contributed by atoms with Crippen LogP contribution in [0, 0.1) is 0 Å². The van der Waals surface area contributed by atoms with E-state index in [0.717, 1.165) is 0 Å². The van der Waals surface area contributed by atoms with Crippen molar-refractivity contribution in [3.05, 3.63) is 51.5 Å². The molecule has 0 aromatic heterocycles. The summed E-state index contributed by atoms with van der Waals surface area (Å²) >= 11 is 6.28. The van der Waals surface area contributed by atoms with Gasteiger partial charge in [-0.05, 0) is 18.6 Å². The lowest BCUT2D eigenvalue weighted by atomic mass is 10.1. The third kappa shape index (κ3) is 3.25. The molecule has 7 heteroatoms. The third-order valence-corrected chi connectivity index (χ3v) is 5.80. The van der Waals surface area contributed by atoms with Gasteiger partial charge >= 0.3 is 5.97 Å². The Bertz CT molecular complexity index is 827. The van der Waals surface area contributed by atoms with Gasteiger partial charge in [-0.25, -0.2) is 0 Å². The molecule has 0 saturated heterocycles. The third-order valence-electron chi connectivity index (χ3n) is 3.74. The maximum absolute atomic E-state index is 12.9. The minimum Gasteiger partial charge on any atom is -0.469 e. The van der Waals surface area contributed by atoms with Crippen LogP contribution in [0.2, 0.25) is 5.02 Å². The van der Waals surface area contributed by atoms with Crippen LogP contribution < -0.4 is 0 Å². The molecule has 1 aromatic carbocycles. The number of ether oxygens (including phenoxy) is 1. The topological polar surface area (TPSA) is 68.1 Å². The summed E-state index contributed by atoms with van der Waals surface area (Å²) in [5, 5.41) is 0.241. The molecule has 5 nitrogen and oxygen atoms in total. The Hall–Kier alpha value is -2.05. The molecule has 2 unspecified atom stereocenters. The minimum atomic E-state index is -1.35. The molecule has 124 valence electrons. The van der Waals surface area contributed by atoms with E-state index in [0.29, 0.717) is 33.3 Å². The fourth-order valence-electron chi connectivity index (χ4n) is 2.56. The normalized spacial score (nSPS) is 22.2. The maximum Gasteiger partial charge on any atom is 0.305 e. The van der Waals surface area contributed by atoms with Crippen LogP contribution in [0.25, 0.3) is 5.70 Å². The highest BCUT2D eigenvalue weighted by Gasteiger charge is 2.33. The van der Waals surface area contributed by atoms with Gasteiger partial charge < -0.3 is 4.74 Å². The molecule has 3 rings (SSSR count). The van der Waals surface area contributed by atoms with Crippen molar-refractivity contribution >= 4 is 46.5 Å². The molecular formula is C17H15ClN2O3S. The second kappa shape index (κ2) is 7.23. The highest BCUT2D eigenvalue weighted by atomic mass is 35.5. The molecule has 2 heterocycles. The summed E-state index contributed by atoms with van der Waals surface area (Å²) < 4.78 is 17.6. The van der Waals surface area contributed by atoms with Crippen molar-refractivity contribution in [1.29, 1.82) is 0 Å². The summed E-state index contributed by atoms with van der Waals surface area (Å²) in [6.45, 7) is 0. The predicted molar refractivity (Wildman–Crippen MR) is 96.6 cm³/mol. The van der Waals surface area contributed by atoms with Gasteiger partial charge in [0.2, 0.25) is 0 Å². The number of aliphatic imine (C=N–C) groups is 2. The van der Waals surface area contributed by atoms with Crippen LogP contribution in [0.4, 0.5) is 0 Å². The van der Waals surface area contributed by atoms with Crippen molar-refractivity contribution < 1.29 is 13.7 Å². The summed E-state index contributed by atoms with van der Waals surface area (Å²) in [6.07, 6.45) is 5.59. The van der Waals surface area contributed by atoms with Gasteiger partial charge in [0.05, 0.1) is 39.5 Å². The highest BCUT2D eigenvalue weighted by molar-refractivity contribution is 7.90. The highest BCUT2D eigenvalue weighted by Crippen LogP contribution is 2.39. The number of rotatable bonds is 4. The molecule has 2 aliphatic rings. The molecular weight excluding hydrogens is 348 g/mol. The Morgan fingerprint density at radius 1 is 1.29 bits per heavy atom. The standard InChI is InChI=1S/C17H15ClN2O3S/c1-23-15(21)7-6-11-10-14-17(24(11)22)16(20-9-8-19-14)12-4-2-3-5-13(12)18/h2-5,8-11H,6-7H2,1H3. The quantitative estimate of drug-likeness (QED) is 0.773. The van der Waals surface area contributed by atoms with Crippen LogP contribution in [-0.4, -0.2) is 35.0 Å². The summed E-state index contributed by atoms with van der Waals surface area (Å²) in [5.74, 6) is -0.320. The van der Waals surface area contributed by atoms with Gasteiger partial charge in [0.15, 0.2) is 0 Å². The number of fused-ring (bicyclic) bond motifs is 1. The Kier molecular flexibility index (Phi) is 5.06. The first kappa shape index (κ1) is 16.8. The number of halogens is 1. The number of carbonyl (C=O) groups is 1. The fraction of sp³-hybridized carbons (Fsp3) is 0.235. The average molecular weight is 363 g/mol. The molecule has 24 heavy (non-hydrogen) atoms. The summed E-state index contributed by atoms with van der Waals surface area (Å²) in [6, 6.07) is 7.28. The van der Waals surface area contributed by atoms with E-state index in [-0.39, 0.29) is 17.6 Å². The van der Waals surface area contributed by atoms with E-state index in [1.807, 2.05) is 24.3 Å². The van der Waals surface area contributed by atoms with Gasteiger partial charge in [-0.1, -0.05) is 29.8 Å². The van der Waals surface area contributed by atoms with E-state index >= 15 is 0 Å². The Balaban J connectivity index is 2.00. The first-order valence-corrected chi connectivity index (χ1v) is 8.96. The maximum atomic E-state index is 12.9. The Morgan fingerprint density at radius 2 is 2.04 bits per heavy atom. The summed E-state index contributed by atoms with van der Waals surface area (Å²) in [5.41, 5.74) is 1.89. The fourth-order valence-corrected chi connectivity index (χ4v) is 4.36. The smallest absolute Gasteiger partial charge is 0.305 e. The zero-order valence-electron chi connectivity index (χ0n) is 12.9. The molecule has 2 atom stereocenters. The number of benzene rings is 1. The minimum absolute atomic E-state index is 0.207. The first-order valence-electron chi connectivity index (χ1n) is 7.37. The lowest BCUT2D eigenvalue weighted by Crippen LogP contribution is -2.12. The van der Waals surface area contributed by atoms with Gasteiger partial charge in [0.1, 0.15) is 0 Å².